The van der Waals surface area contributed by atoms with Crippen LogP contribution in [0.15, 0.2) is 42.5 Å². The molecule has 0 aliphatic carbocycles. The number of carbonyl (C=O) groups is 1. The third-order valence-corrected chi connectivity index (χ3v) is 3.18. The molecule has 2 aromatic carbocycles. The van der Waals surface area contributed by atoms with Crippen molar-refractivity contribution >= 4 is 5.78 Å². The molecule has 2 nitrogen and oxygen atoms in total. The van der Waals surface area contributed by atoms with Crippen LogP contribution in [0.1, 0.15) is 34.0 Å². The van der Waals surface area contributed by atoms with E-state index in [1.807, 2.05) is 57.2 Å². The van der Waals surface area contributed by atoms with Crippen molar-refractivity contribution < 1.29 is 9.53 Å². The summed E-state index contributed by atoms with van der Waals surface area (Å²) >= 11 is 0. The van der Waals surface area contributed by atoms with Gasteiger partial charge in [0.15, 0.2) is 5.78 Å². The van der Waals surface area contributed by atoms with Crippen LogP contribution in [0.25, 0.3) is 0 Å². The summed E-state index contributed by atoms with van der Waals surface area (Å²) < 4.78 is 5.42. The number of ketones is 1. The maximum absolute atomic E-state index is 12.4. The summed E-state index contributed by atoms with van der Waals surface area (Å²) in [6.07, 6.45) is 0. The highest BCUT2D eigenvalue weighted by Crippen LogP contribution is 2.18. The Bertz CT molecular complexity index is 600. The summed E-state index contributed by atoms with van der Waals surface area (Å²) in [6, 6.07) is 13.1. The van der Waals surface area contributed by atoms with E-state index in [-0.39, 0.29) is 5.78 Å². The Morgan fingerprint density at radius 2 is 1.74 bits per heavy atom. The second-order valence-corrected chi connectivity index (χ2v) is 4.59. The molecule has 2 aromatic rings. The molecule has 0 atom stereocenters. The van der Waals surface area contributed by atoms with Gasteiger partial charge in [-0.15, -0.1) is 0 Å². The molecule has 0 N–H and O–H groups in total. The van der Waals surface area contributed by atoms with Crippen LogP contribution in [0, 0.1) is 13.8 Å². The van der Waals surface area contributed by atoms with Gasteiger partial charge in [0.2, 0.25) is 0 Å². The number of benzene rings is 2. The van der Waals surface area contributed by atoms with Crippen molar-refractivity contribution in [3.8, 4) is 5.75 Å². The predicted molar refractivity (Wildman–Crippen MR) is 77.0 cm³/mol. The van der Waals surface area contributed by atoms with Crippen molar-refractivity contribution in [1.29, 1.82) is 0 Å². The Morgan fingerprint density at radius 1 is 1.00 bits per heavy atom. The summed E-state index contributed by atoms with van der Waals surface area (Å²) in [5.74, 6) is 0.766. The first kappa shape index (κ1) is 13.3. The standard InChI is InChI=1S/C17H18O2/c1-4-19-16-7-5-6-14(11-16)17(18)15-9-8-12(2)13(3)10-15/h5-11H,4H2,1-3H3. The molecule has 0 aliphatic rings. The van der Waals surface area contributed by atoms with Gasteiger partial charge in [-0.25, -0.2) is 0 Å². The highest BCUT2D eigenvalue weighted by molar-refractivity contribution is 6.09. The molecule has 19 heavy (non-hydrogen) atoms. The van der Waals surface area contributed by atoms with Crippen LogP contribution in [-0.2, 0) is 0 Å². The Hall–Kier alpha value is -2.09. The van der Waals surface area contributed by atoms with Crippen LogP contribution in [0.3, 0.4) is 0 Å². The fourth-order valence-corrected chi connectivity index (χ4v) is 1.94. The highest BCUT2D eigenvalue weighted by atomic mass is 16.5. The summed E-state index contributed by atoms with van der Waals surface area (Å²) in [4.78, 5) is 12.4. The minimum absolute atomic E-state index is 0.0321. The van der Waals surface area contributed by atoms with Crippen molar-refractivity contribution in [1.82, 2.24) is 0 Å². The van der Waals surface area contributed by atoms with E-state index in [2.05, 4.69) is 0 Å². The molecule has 0 spiro atoms. The van der Waals surface area contributed by atoms with Gasteiger partial charge in [0, 0.05) is 11.1 Å². The molecule has 0 aromatic heterocycles. The van der Waals surface area contributed by atoms with Gasteiger partial charge in [-0.05, 0) is 50.1 Å². The lowest BCUT2D eigenvalue weighted by molar-refractivity contribution is 0.103. The topological polar surface area (TPSA) is 26.3 Å². The Labute approximate surface area is 114 Å². The van der Waals surface area contributed by atoms with Gasteiger partial charge < -0.3 is 4.74 Å². The second-order valence-electron chi connectivity index (χ2n) is 4.59. The third kappa shape index (κ3) is 3.02. The zero-order valence-corrected chi connectivity index (χ0v) is 11.6. The summed E-state index contributed by atoms with van der Waals surface area (Å²) in [5, 5.41) is 0. The lowest BCUT2D eigenvalue weighted by atomic mass is 9.99. The van der Waals surface area contributed by atoms with Gasteiger partial charge in [0.1, 0.15) is 5.75 Å². The van der Waals surface area contributed by atoms with Crippen LogP contribution in [-0.4, -0.2) is 12.4 Å². The number of ether oxygens (including phenoxy) is 1. The van der Waals surface area contributed by atoms with Crippen molar-refractivity contribution in [2.24, 2.45) is 0 Å². The summed E-state index contributed by atoms with van der Waals surface area (Å²) in [6.45, 7) is 6.58. The van der Waals surface area contributed by atoms with Crippen molar-refractivity contribution in [2.45, 2.75) is 20.8 Å². The molecule has 0 saturated heterocycles. The first-order valence-corrected chi connectivity index (χ1v) is 6.46. The van der Waals surface area contributed by atoms with Crippen LogP contribution < -0.4 is 4.74 Å². The molecule has 2 heteroatoms. The van der Waals surface area contributed by atoms with Crippen molar-refractivity contribution in [3.63, 3.8) is 0 Å². The van der Waals surface area contributed by atoms with E-state index in [0.29, 0.717) is 12.2 Å². The monoisotopic (exact) mass is 254 g/mol. The van der Waals surface area contributed by atoms with Gasteiger partial charge in [0.05, 0.1) is 6.61 Å². The summed E-state index contributed by atoms with van der Waals surface area (Å²) in [5.41, 5.74) is 3.71. The SMILES string of the molecule is CCOc1cccc(C(=O)c2ccc(C)c(C)c2)c1. The van der Waals surface area contributed by atoms with E-state index < -0.39 is 0 Å². The average Bonchev–Trinajstić information content (AvgIpc) is 2.42. The first-order chi connectivity index (χ1) is 9.11. The first-order valence-electron chi connectivity index (χ1n) is 6.46. The predicted octanol–water partition coefficient (Wildman–Crippen LogP) is 3.93. The second kappa shape index (κ2) is 5.70. The molecule has 0 radical (unpaired) electrons. The highest BCUT2D eigenvalue weighted by Gasteiger charge is 2.10. The van der Waals surface area contributed by atoms with E-state index in [0.717, 1.165) is 16.9 Å². The fraction of sp³-hybridized carbons (Fsp3) is 0.235. The molecule has 0 unspecified atom stereocenters. The molecule has 0 fully saturated rings. The zero-order valence-electron chi connectivity index (χ0n) is 11.6. The van der Waals surface area contributed by atoms with Crippen molar-refractivity contribution in [3.05, 3.63) is 64.7 Å². The Balaban J connectivity index is 2.32. The number of carbonyl (C=O) groups excluding carboxylic acids is 1. The molecule has 0 aliphatic heterocycles. The van der Waals surface area contributed by atoms with Gasteiger partial charge in [-0.1, -0.05) is 24.3 Å². The number of hydrogen-bond acceptors (Lipinski definition) is 2. The summed E-state index contributed by atoms with van der Waals surface area (Å²) in [7, 11) is 0. The minimum Gasteiger partial charge on any atom is -0.494 e. The number of rotatable bonds is 4. The maximum atomic E-state index is 12.4. The molecular weight excluding hydrogens is 236 g/mol. The Morgan fingerprint density at radius 3 is 2.42 bits per heavy atom. The van der Waals surface area contributed by atoms with E-state index in [9.17, 15) is 4.79 Å². The van der Waals surface area contributed by atoms with Gasteiger partial charge in [0.25, 0.3) is 0 Å². The molecule has 0 heterocycles. The van der Waals surface area contributed by atoms with E-state index in [1.165, 1.54) is 5.56 Å². The van der Waals surface area contributed by atoms with E-state index >= 15 is 0 Å². The maximum Gasteiger partial charge on any atom is 0.193 e. The average molecular weight is 254 g/mol. The van der Waals surface area contributed by atoms with E-state index in [1.54, 1.807) is 6.07 Å². The van der Waals surface area contributed by atoms with Gasteiger partial charge >= 0.3 is 0 Å². The molecular formula is C17H18O2. The normalized spacial score (nSPS) is 10.3. The van der Waals surface area contributed by atoms with Gasteiger partial charge in [-0.2, -0.15) is 0 Å². The van der Waals surface area contributed by atoms with Crippen LogP contribution >= 0.6 is 0 Å². The minimum atomic E-state index is 0.0321. The van der Waals surface area contributed by atoms with Crippen LogP contribution in [0.2, 0.25) is 0 Å². The van der Waals surface area contributed by atoms with Crippen LogP contribution in [0.4, 0.5) is 0 Å². The lowest BCUT2D eigenvalue weighted by Crippen LogP contribution is -2.03. The van der Waals surface area contributed by atoms with Crippen molar-refractivity contribution in [2.75, 3.05) is 6.61 Å². The number of hydrogen-bond donors (Lipinski definition) is 0. The molecule has 98 valence electrons. The van der Waals surface area contributed by atoms with E-state index in [4.69, 9.17) is 4.74 Å². The quantitative estimate of drug-likeness (QED) is 0.773. The number of aryl methyl sites for hydroxylation is 2. The lowest BCUT2D eigenvalue weighted by Gasteiger charge is -2.07. The fourth-order valence-electron chi connectivity index (χ4n) is 1.94. The smallest absolute Gasteiger partial charge is 0.193 e. The largest absolute Gasteiger partial charge is 0.494 e. The molecule has 0 saturated carbocycles. The third-order valence-electron chi connectivity index (χ3n) is 3.18. The Kier molecular flexibility index (Phi) is 4.00. The zero-order chi connectivity index (χ0) is 13.8. The van der Waals surface area contributed by atoms with Crippen LogP contribution in [0.5, 0.6) is 5.75 Å². The van der Waals surface area contributed by atoms with Gasteiger partial charge in [-0.3, -0.25) is 4.79 Å². The molecule has 2 rings (SSSR count). The molecule has 0 amide bonds. The molecule has 0 bridgehead atoms.